The van der Waals surface area contributed by atoms with Crippen molar-refractivity contribution in [1.82, 2.24) is 14.5 Å². The van der Waals surface area contributed by atoms with Gasteiger partial charge in [0.25, 0.3) is 5.56 Å². The average molecular weight is 343 g/mol. The summed E-state index contributed by atoms with van der Waals surface area (Å²) < 4.78 is 5.77. The molecule has 0 aliphatic rings. The molecule has 1 heterocycles. The first-order valence-corrected chi connectivity index (χ1v) is 7.94. The van der Waals surface area contributed by atoms with Gasteiger partial charge < -0.3 is 9.64 Å². The van der Waals surface area contributed by atoms with E-state index >= 15 is 0 Å². The molecule has 0 fully saturated rings. The number of nitrogens with zero attached hydrogens (tertiary/aromatic N) is 3. The standard InChI is InChI=1S/C18H21N3O4/c1-4-20(11-14-8-6-5-7-9-14)16(22)12-21-13(2)19-10-15(17(21)23)18(24)25-3/h5-10H,4,11-12H2,1-3H3. The third-order valence-corrected chi connectivity index (χ3v) is 3.90. The molecule has 0 N–H and O–H groups in total. The molecule has 1 aromatic carbocycles. The van der Waals surface area contributed by atoms with Crippen molar-refractivity contribution < 1.29 is 14.3 Å². The van der Waals surface area contributed by atoms with Crippen molar-refractivity contribution in [2.24, 2.45) is 0 Å². The molecule has 0 saturated heterocycles. The molecular weight excluding hydrogens is 322 g/mol. The predicted molar refractivity (Wildman–Crippen MR) is 92.1 cm³/mol. The van der Waals surface area contributed by atoms with E-state index in [0.717, 1.165) is 5.56 Å². The summed E-state index contributed by atoms with van der Waals surface area (Å²) in [7, 11) is 1.19. The fourth-order valence-electron chi connectivity index (χ4n) is 2.43. The van der Waals surface area contributed by atoms with Crippen LogP contribution in [-0.4, -0.2) is 40.0 Å². The Morgan fingerprint density at radius 2 is 1.92 bits per heavy atom. The van der Waals surface area contributed by atoms with Crippen molar-refractivity contribution >= 4 is 11.9 Å². The Labute approximate surface area is 145 Å². The Balaban J connectivity index is 2.24. The summed E-state index contributed by atoms with van der Waals surface area (Å²) in [5, 5.41) is 0. The van der Waals surface area contributed by atoms with E-state index in [4.69, 9.17) is 0 Å². The molecular formula is C18H21N3O4. The fourth-order valence-corrected chi connectivity index (χ4v) is 2.43. The van der Waals surface area contributed by atoms with Gasteiger partial charge in [0, 0.05) is 19.3 Å². The first-order chi connectivity index (χ1) is 12.0. The topological polar surface area (TPSA) is 81.5 Å². The van der Waals surface area contributed by atoms with Gasteiger partial charge >= 0.3 is 5.97 Å². The van der Waals surface area contributed by atoms with Gasteiger partial charge in [-0.15, -0.1) is 0 Å². The molecule has 0 unspecified atom stereocenters. The van der Waals surface area contributed by atoms with Crippen LogP contribution in [0.2, 0.25) is 0 Å². The second kappa shape index (κ2) is 8.23. The van der Waals surface area contributed by atoms with Crippen LogP contribution in [0.25, 0.3) is 0 Å². The number of aromatic nitrogens is 2. The van der Waals surface area contributed by atoms with Crippen LogP contribution in [0.5, 0.6) is 0 Å². The van der Waals surface area contributed by atoms with Crippen LogP contribution in [0, 0.1) is 6.92 Å². The van der Waals surface area contributed by atoms with Crippen molar-refractivity contribution in [3.8, 4) is 0 Å². The Morgan fingerprint density at radius 3 is 2.52 bits per heavy atom. The summed E-state index contributed by atoms with van der Waals surface area (Å²) in [5.41, 5.74) is 0.235. The Bertz CT molecular complexity index is 815. The van der Waals surface area contributed by atoms with Crippen molar-refractivity contribution in [3.63, 3.8) is 0 Å². The molecule has 7 heteroatoms. The number of hydrogen-bond donors (Lipinski definition) is 0. The number of methoxy groups -OCH3 is 1. The Hall–Kier alpha value is -2.96. The zero-order chi connectivity index (χ0) is 18.4. The molecule has 0 saturated carbocycles. The van der Waals surface area contributed by atoms with Gasteiger partial charge in [0.1, 0.15) is 17.9 Å². The smallest absolute Gasteiger partial charge is 0.345 e. The fraction of sp³-hybridized carbons (Fsp3) is 0.333. The minimum atomic E-state index is -0.768. The minimum absolute atomic E-state index is 0.177. The lowest BCUT2D eigenvalue weighted by atomic mass is 10.2. The van der Waals surface area contributed by atoms with Gasteiger partial charge in [-0.25, -0.2) is 9.78 Å². The van der Waals surface area contributed by atoms with Crippen molar-refractivity contribution in [2.75, 3.05) is 13.7 Å². The summed E-state index contributed by atoms with van der Waals surface area (Å²) in [5.74, 6) is -0.627. The normalized spacial score (nSPS) is 10.4. The molecule has 0 radical (unpaired) electrons. The molecule has 1 aromatic heterocycles. The molecule has 2 rings (SSSR count). The number of likely N-dealkylation sites (N-methyl/N-ethyl adjacent to an activating group) is 1. The third kappa shape index (κ3) is 4.32. The summed E-state index contributed by atoms with van der Waals surface area (Å²) in [6, 6.07) is 9.60. The zero-order valence-electron chi connectivity index (χ0n) is 14.6. The third-order valence-electron chi connectivity index (χ3n) is 3.90. The van der Waals surface area contributed by atoms with Crippen LogP contribution < -0.4 is 5.56 Å². The second-order valence-electron chi connectivity index (χ2n) is 5.50. The number of rotatable bonds is 6. The van der Waals surface area contributed by atoms with E-state index in [1.807, 2.05) is 37.3 Å². The number of carbonyl (C=O) groups is 2. The van der Waals surface area contributed by atoms with Gasteiger partial charge in [-0.05, 0) is 19.4 Å². The van der Waals surface area contributed by atoms with Gasteiger partial charge in [-0.3, -0.25) is 14.2 Å². The number of amides is 1. The maximum Gasteiger partial charge on any atom is 0.345 e. The first kappa shape index (κ1) is 18.4. The van der Waals surface area contributed by atoms with Crippen molar-refractivity contribution in [1.29, 1.82) is 0 Å². The Kier molecular flexibility index (Phi) is 6.05. The number of hydrogen-bond acceptors (Lipinski definition) is 5. The lowest BCUT2D eigenvalue weighted by Crippen LogP contribution is -2.38. The van der Waals surface area contributed by atoms with Crippen molar-refractivity contribution in [3.05, 3.63) is 63.8 Å². The van der Waals surface area contributed by atoms with Crippen LogP contribution >= 0.6 is 0 Å². The lowest BCUT2D eigenvalue weighted by molar-refractivity contribution is -0.132. The van der Waals surface area contributed by atoms with E-state index in [1.165, 1.54) is 17.9 Å². The number of benzene rings is 1. The largest absolute Gasteiger partial charge is 0.465 e. The number of ether oxygens (including phenoxy) is 1. The molecule has 0 bridgehead atoms. The lowest BCUT2D eigenvalue weighted by Gasteiger charge is -2.22. The van der Waals surface area contributed by atoms with Crippen LogP contribution in [0.15, 0.2) is 41.3 Å². The molecule has 2 aromatic rings. The highest BCUT2D eigenvalue weighted by Gasteiger charge is 2.19. The molecule has 0 aliphatic heterocycles. The van der Waals surface area contributed by atoms with Crippen LogP contribution in [0.1, 0.15) is 28.7 Å². The van der Waals surface area contributed by atoms with Gasteiger partial charge in [-0.1, -0.05) is 30.3 Å². The quantitative estimate of drug-likeness (QED) is 0.740. The average Bonchev–Trinajstić information content (AvgIpc) is 2.63. The maximum atomic E-state index is 12.6. The monoisotopic (exact) mass is 343 g/mol. The first-order valence-electron chi connectivity index (χ1n) is 7.94. The van der Waals surface area contributed by atoms with E-state index in [-0.39, 0.29) is 18.0 Å². The highest BCUT2D eigenvalue weighted by Crippen LogP contribution is 2.06. The molecule has 132 valence electrons. The molecule has 1 amide bonds. The van der Waals surface area contributed by atoms with E-state index in [2.05, 4.69) is 9.72 Å². The number of aryl methyl sites for hydroxylation is 1. The van der Waals surface area contributed by atoms with E-state index in [0.29, 0.717) is 18.9 Å². The highest BCUT2D eigenvalue weighted by atomic mass is 16.5. The molecule has 25 heavy (non-hydrogen) atoms. The van der Waals surface area contributed by atoms with E-state index < -0.39 is 11.5 Å². The van der Waals surface area contributed by atoms with E-state index in [1.54, 1.807) is 11.8 Å². The van der Waals surface area contributed by atoms with Crippen molar-refractivity contribution in [2.45, 2.75) is 26.9 Å². The Morgan fingerprint density at radius 1 is 1.24 bits per heavy atom. The van der Waals surface area contributed by atoms with Crippen LogP contribution in [-0.2, 0) is 22.6 Å². The summed E-state index contributed by atoms with van der Waals surface area (Å²) in [4.78, 5) is 42.4. The summed E-state index contributed by atoms with van der Waals surface area (Å²) in [6.45, 7) is 4.27. The van der Waals surface area contributed by atoms with Gasteiger partial charge in [0.05, 0.1) is 7.11 Å². The van der Waals surface area contributed by atoms with Crippen LogP contribution in [0.3, 0.4) is 0 Å². The molecule has 0 aliphatic carbocycles. The maximum absolute atomic E-state index is 12.6. The second-order valence-corrected chi connectivity index (χ2v) is 5.50. The van der Waals surface area contributed by atoms with E-state index in [9.17, 15) is 14.4 Å². The molecule has 0 spiro atoms. The SMILES string of the molecule is CCN(Cc1ccccc1)C(=O)Cn1c(C)ncc(C(=O)OC)c1=O. The van der Waals surface area contributed by atoms with Gasteiger partial charge in [0.2, 0.25) is 5.91 Å². The van der Waals surface area contributed by atoms with Crippen LogP contribution in [0.4, 0.5) is 0 Å². The zero-order valence-corrected chi connectivity index (χ0v) is 14.6. The minimum Gasteiger partial charge on any atom is -0.465 e. The predicted octanol–water partition coefficient (Wildman–Crippen LogP) is 1.39. The number of esters is 1. The van der Waals surface area contributed by atoms with Gasteiger partial charge in [0.15, 0.2) is 0 Å². The summed E-state index contributed by atoms with van der Waals surface area (Å²) in [6.07, 6.45) is 1.17. The molecule has 0 atom stereocenters. The summed E-state index contributed by atoms with van der Waals surface area (Å²) >= 11 is 0. The van der Waals surface area contributed by atoms with Gasteiger partial charge in [-0.2, -0.15) is 0 Å². The highest BCUT2D eigenvalue weighted by molar-refractivity contribution is 5.88. The molecule has 7 nitrogen and oxygen atoms in total. The number of carbonyl (C=O) groups excluding carboxylic acids is 2.